The lowest BCUT2D eigenvalue weighted by Gasteiger charge is -2.11. The molecule has 20 heavy (non-hydrogen) atoms. The molecule has 0 aliphatic rings. The molecule has 1 heterocycles. The van der Waals surface area contributed by atoms with Crippen LogP contribution in [0, 0.1) is 43.4 Å². The SMILES string of the molecule is Cc1ccc(C#N)cc1Nc1nnc(C)c(C)c1C#N. The smallest absolute Gasteiger partial charge is 0.171 e. The molecule has 0 spiro atoms. The van der Waals surface area contributed by atoms with Crippen molar-refractivity contribution in [1.82, 2.24) is 10.2 Å². The number of anilines is 2. The van der Waals surface area contributed by atoms with Crippen LogP contribution in [-0.4, -0.2) is 10.2 Å². The van der Waals surface area contributed by atoms with Crippen molar-refractivity contribution in [2.45, 2.75) is 20.8 Å². The van der Waals surface area contributed by atoms with E-state index in [1.165, 1.54) is 0 Å². The van der Waals surface area contributed by atoms with Gasteiger partial charge >= 0.3 is 0 Å². The number of hydrogen-bond acceptors (Lipinski definition) is 5. The van der Waals surface area contributed by atoms with E-state index in [4.69, 9.17) is 5.26 Å². The van der Waals surface area contributed by atoms with Gasteiger partial charge in [0.1, 0.15) is 11.6 Å². The summed E-state index contributed by atoms with van der Waals surface area (Å²) in [5.41, 5.74) is 4.27. The van der Waals surface area contributed by atoms with Crippen molar-refractivity contribution in [3.05, 3.63) is 46.1 Å². The van der Waals surface area contributed by atoms with E-state index in [1.54, 1.807) is 12.1 Å². The van der Waals surface area contributed by atoms with Crippen LogP contribution in [0.25, 0.3) is 0 Å². The third-order valence-corrected chi connectivity index (χ3v) is 3.19. The molecular weight excluding hydrogens is 250 g/mol. The van der Waals surface area contributed by atoms with Gasteiger partial charge in [-0.3, -0.25) is 0 Å². The average Bonchev–Trinajstić information content (AvgIpc) is 2.45. The minimum atomic E-state index is 0.411. The van der Waals surface area contributed by atoms with Gasteiger partial charge in [-0.1, -0.05) is 6.07 Å². The molecule has 5 heteroatoms. The zero-order valence-corrected chi connectivity index (χ0v) is 11.5. The van der Waals surface area contributed by atoms with Crippen LogP contribution in [0.1, 0.15) is 27.9 Å². The van der Waals surface area contributed by atoms with Crippen molar-refractivity contribution in [3.8, 4) is 12.1 Å². The summed E-state index contributed by atoms with van der Waals surface area (Å²) in [4.78, 5) is 0. The largest absolute Gasteiger partial charge is 0.337 e. The predicted molar refractivity (Wildman–Crippen MR) is 75.4 cm³/mol. The number of aromatic nitrogens is 2. The highest BCUT2D eigenvalue weighted by Gasteiger charge is 2.12. The van der Waals surface area contributed by atoms with Crippen LogP contribution < -0.4 is 5.32 Å². The second kappa shape index (κ2) is 5.38. The molecule has 2 aromatic rings. The number of benzene rings is 1. The topological polar surface area (TPSA) is 85.4 Å². The molecule has 0 aliphatic carbocycles. The Balaban J connectivity index is 2.49. The monoisotopic (exact) mass is 263 g/mol. The highest BCUT2D eigenvalue weighted by molar-refractivity contribution is 5.67. The molecule has 0 atom stereocenters. The predicted octanol–water partition coefficient (Wildman–Crippen LogP) is 2.89. The Morgan fingerprint density at radius 1 is 1.05 bits per heavy atom. The summed E-state index contributed by atoms with van der Waals surface area (Å²) < 4.78 is 0. The third kappa shape index (κ3) is 2.43. The summed E-state index contributed by atoms with van der Waals surface area (Å²) in [7, 11) is 0. The van der Waals surface area contributed by atoms with E-state index in [-0.39, 0.29) is 0 Å². The molecule has 0 saturated carbocycles. The molecule has 5 nitrogen and oxygen atoms in total. The first-order chi connectivity index (χ1) is 9.56. The van der Waals surface area contributed by atoms with Crippen LogP contribution in [0.3, 0.4) is 0 Å². The first-order valence-corrected chi connectivity index (χ1v) is 6.08. The van der Waals surface area contributed by atoms with Crippen LogP contribution in [0.15, 0.2) is 18.2 Å². The standard InChI is InChI=1S/C15H13N5/c1-9-4-5-12(7-16)6-14(9)18-15-13(8-17)10(2)11(3)19-20-15/h4-6H,1-3H3,(H,18,20). The first-order valence-electron chi connectivity index (χ1n) is 6.08. The van der Waals surface area contributed by atoms with Gasteiger partial charge in [0, 0.05) is 5.69 Å². The van der Waals surface area contributed by atoms with Gasteiger partial charge in [-0.25, -0.2) is 0 Å². The Bertz CT molecular complexity index is 750. The Morgan fingerprint density at radius 3 is 2.45 bits per heavy atom. The molecule has 0 saturated heterocycles. The van der Waals surface area contributed by atoms with Crippen molar-refractivity contribution in [1.29, 1.82) is 10.5 Å². The lowest BCUT2D eigenvalue weighted by Crippen LogP contribution is -2.04. The van der Waals surface area contributed by atoms with E-state index in [0.717, 1.165) is 22.5 Å². The molecule has 0 aliphatic heterocycles. The molecule has 1 N–H and O–H groups in total. The normalized spacial score (nSPS) is 9.65. The summed E-state index contributed by atoms with van der Waals surface area (Å²) in [6.07, 6.45) is 0. The van der Waals surface area contributed by atoms with E-state index in [2.05, 4.69) is 27.7 Å². The average molecular weight is 263 g/mol. The fraction of sp³-hybridized carbons (Fsp3) is 0.200. The fourth-order valence-electron chi connectivity index (χ4n) is 1.79. The van der Waals surface area contributed by atoms with Crippen LogP contribution >= 0.6 is 0 Å². The molecule has 1 aromatic carbocycles. The summed E-state index contributed by atoms with van der Waals surface area (Å²) in [5.74, 6) is 0.411. The maximum Gasteiger partial charge on any atom is 0.171 e. The zero-order chi connectivity index (χ0) is 14.7. The number of aryl methyl sites for hydroxylation is 2. The molecule has 0 amide bonds. The molecule has 0 radical (unpaired) electrons. The van der Waals surface area contributed by atoms with Gasteiger partial charge < -0.3 is 5.32 Å². The molecule has 1 aromatic heterocycles. The van der Waals surface area contributed by atoms with E-state index in [1.807, 2.05) is 26.8 Å². The summed E-state index contributed by atoms with van der Waals surface area (Å²) in [6.45, 7) is 5.57. The van der Waals surface area contributed by atoms with Gasteiger partial charge in [-0.05, 0) is 44.0 Å². The minimum absolute atomic E-state index is 0.411. The molecule has 2 rings (SSSR count). The van der Waals surface area contributed by atoms with E-state index < -0.39 is 0 Å². The van der Waals surface area contributed by atoms with E-state index >= 15 is 0 Å². The van der Waals surface area contributed by atoms with Gasteiger partial charge in [0.25, 0.3) is 0 Å². The third-order valence-electron chi connectivity index (χ3n) is 3.19. The summed E-state index contributed by atoms with van der Waals surface area (Å²) >= 11 is 0. The van der Waals surface area contributed by atoms with Crippen LogP contribution in [-0.2, 0) is 0 Å². The van der Waals surface area contributed by atoms with E-state index in [0.29, 0.717) is 16.9 Å². The number of nitrogens with zero attached hydrogens (tertiary/aromatic N) is 4. The Kier molecular flexibility index (Phi) is 3.63. The van der Waals surface area contributed by atoms with Crippen LogP contribution in [0.5, 0.6) is 0 Å². The van der Waals surface area contributed by atoms with Gasteiger partial charge in [-0.15, -0.1) is 5.10 Å². The lowest BCUT2D eigenvalue weighted by atomic mass is 10.1. The van der Waals surface area contributed by atoms with Crippen molar-refractivity contribution in [2.24, 2.45) is 0 Å². The summed E-state index contributed by atoms with van der Waals surface area (Å²) in [6, 6.07) is 9.56. The van der Waals surface area contributed by atoms with Crippen LogP contribution in [0.2, 0.25) is 0 Å². The van der Waals surface area contributed by atoms with Crippen molar-refractivity contribution in [3.63, 3.8) is 0 Å². The molecule has 0 unspecified atom stereocenters. The Morgan fingerprint density at radius 2 is 1.80 bits per heavy atom. The highest BCUT2D eigenvalue weighted by Crippen LogP contribution is 2.24. The van der Waals surface area contributed by atoms with Gasteiger partial charge in [0.2, 0.25) is 0 Å². The zero-order valence-electron chi connectivity index (χ0n) is 11.5. The van der Waals surface area contributed by atoms with E-state index in [9.17, 15) is 5.26 Å². The highest BCUT2D eigenvalue weighted by atomic mass is 15.2. The molecule has 0 bridgehead atoms. The molecule has 98 valence electrons. The maximum atomic E-state index is 9.26. The van der Waals surface area contributed by atoms with Crippen molar-refractivity contribution in [2.75, 3.05) is 5.32 Å². The maximum absolute atomic E-state index is 9.26. The molecule has 0 fully saturated rings. The van der Waals surface area contributed by atoms with Crippen molar-refractivity contribution < 1.29 is 0 Å². The molecular formula is C15H13N5. The first kappa shape index (κ1) is 13.5. The number of hydrogen-bond donors (Lipinski definition) is 1. The second-order valence-corrected chi connectivity index (χ2v) is 4.51. The second-order valence-electron chi connectivity index (χ2n) is 4.51. The van der Waals surface area contributed by atoms with Crippen molar-refractivity contribution >= 4 is 11.5 Å². The van der Waals surface area contributed by atoms with Gasteiger partial charge in [0.15, 0.2) is 5.82 Å². The Labute approximate surface area is 117 Å². The minimum Gasteiger partial charge on any atom is -0.337 e. The Hall–Kier alpha value is -2.92. The quantitative estimate of drug-likeness (QED) is 0.900. The van der Waals surface area contributed by atoms with Gasteiger partial charge in [-0.2, -0.15) is 15.6 Å². The lowest BCUT2D eigenvalue weighted by molar-refractivity contribution is 0.960. The number of nitriles is 2. The number of rotatable bonds is 2. The summed E-state index contributed by atoms with van der Waals surface area (Å²) in [5, 5.41) is 29.4. The fourth-order valence-corrected chi connectivity index (χ4v) is 1.79. The van der Waals surface area contributed by atoms with Crippen LogP contribution in [0.4, 0.5) is 11.5 Å². The number of nitrogens with one attached hydrogen (secondary N) is 1. The van der Waals surface area contributed by atoms with Gasteiger partial charge in [0.05, 0.1) is 17.3 Å².